The third kappa shape index (κ3) is 4.63. The summed E-state index contributed by atoms with van der Waals surface area (Å²) in [6, 6.07) is 7.73. The second-order valence-electron chi connectivity index (χ2n) is 9.89. The normalized spacial score (nSPS) is 25.1. The van der Waals surface area contributed by atoms with Crippen LogP contribution in [0, 0.1) is 5.92 Å². The van der Waals surface area contributed by atoms with Gasteiger partial charge >= 0.3 is 6.09 Å². The maximum atomic E-state index is 12.8. The highest BCUT2D eigenvalue weighted by Gasteiger charge is 2.49. The van der Waals surface area contributed by atoms with Crippen molar-refractivity contribution < 1.29 is 28.5 Å². The van der Waals surface area contributed by atoms with Gasteiger partial charge in [-0.15, -0.1) is 0 Å². The van der Waals surface area contributed by atoms with E-state index in [4.69, 9.17) is 23.7 Å². The zero-order chi connectivity index (χ0) is 25.2. The fraction of sp³-hybridized carbons (Fsp3) is 0.379. The van der Waals surface area contributed by atoms with Gasteiger partial charge in [-0.2, -0.15) is 0 Å². The lowest BCUT2D eigenvalue weighted by Crippen LogP contribution is -2.39. The first-order valence-electron chi connectivity index (χ1n) is 12.8. The molecule has 192 valence electrons. The molecular formula is C29H30N2O6. The number of amides is 1. The molecule has 1 aromatic heterocycles. The summed E-state index contributed by atoms with van der Waals surface area (Å²) >= 11 is 0. The summed E-state index contributed by atoms with van der Waals surface area (Å²) in [6.07, 6.45) is 15.8. The van der Waals surface area contributed by atoms with Crippen molar-refractivity contribution in [3.63, 3.8) is 0 Å². The number of allylic oxidation sites excluding steroid dienone is 4. The molecule has 1 saturated carbocycles. The number of hydrogen-bond acceptors (Lipinski definition) is 7. The summed E-state index contributed by atoms with van der Waals surface area (Å²) in [5, 5.41) is 0.936. The molecule has 4 aliphatic rings. The highest BCUT2D eigenvalue weighted by atomic mass is 16.6. The van der Waals surface area contributed by atoms with Crippen LogP contribution in [0.1, 0.15) is 38.5 Å². The number of carbonyl (C=O) groups excluding carboxylic acids is 1. The van der Waals surface area contributed by atoms with Crippen molar-refractivity contribution in [2.24, 2.45) is 5.92 Å². The molecule has 8 heteroatoms. The molecule has 37 heavy (non-hydrogen) atoms. The van der Waals surface area contributed by atoms with Crippen molar-refractivity contribution in [2.75, 3.05) is 20.3 Å². The van der Waals surface area contributed by atoms with Crippen molar-refractivity contribution in [3.8, 4) is 11.5 Å². The van der Waals surface area contributed by atoms with Gasteiger partial charge in [0.05, 0.1) is 20.3 Å². The summed E-state index contributed by atoms with van der Waals surface area (Å²) < 4.78 is 29.2. The van der Waals surface area contributed by atoms with E-state index in [9.17, 15) is 4.79 Å². The van der Waals surface area contributed by atoms with Gasteiger partial charge in [0, 0.05) is 11.6 Å². The highest BCUT2D eigenvalue weighted by molar-refractivity contribution is 5.89. The van der Waals surface area contributed by atoms with Gasteiger partial charge in [-0.1, -0.05) is 24.3 Å². The van der Waals surface area contributed by atoms with Gasteiger partial charge < -0.3 is 23.7 Å². The van der Waals surface area contributed by atoms with Gasteiger partial charge in [0.15, 0.2) is 12.0 Å². The van der Waals surface area contributed by atoms with Crippen LogP contribution in [0.3, 0.4) is 0 Å². The standard InChI is InChI=1S/C29H30N2O6/c1-33-24-9-5-8-22-23(12-15-30-27(22)24)35-16-20-10-13-29(14-11-20)19-31(28(32)37-29)26-18-34-17-25(36-26)21-6-3-2-4-7-21/h2-3,5-6,8-9,12,15,17-18,20H,4,7,10-11,13-14,16,19H2,1H3. The van der Waals surface area contributed by atoms with Gasteiger partial charge in [-0.25, -0.2) is 9.69 Å². The summed E-state index contributed by atoms with van der Waals surface area (Å²) in [7, 11) is 1.64. The quantitative estimate of drug-likeness (QED) is 0.482. The van der Waals surface area contributed by atoms with Gasteiger partial charge in [0.25, 0.3) is 0 Å². The Kier molecular flexibility index (Phi) is 6.24. The van der Waals surface area contributed by atoms with E-state index in [0.717, 1.165) is 66.5 Å². The molecule has 1 spiro atoms. The lowest BCUT2D eigenvalue weighted by atomic mass is 9.79. The topological polar surface area (TPSA) is 79.4 Å². The number of aromatic nitrogens is 1. The molecule has 3 heterocycles. The first kappa shape index (κ1) is 23.5. The monoisotopic (exact) mass is 502 g/mol. The smallest absolute Gasteiger partial charge is 0.417 e. The molecule has 6 rings (SSSR count). The number of ether oxygens (including phenoxy) is 5. The predicted molar refractivity (Wildman–Crippen MR) is 136 cm³/mol. The lowest BCUT2D eigenvalue weighted by molar-refractivity contribution is 0.00704. The number of hydrogen-bond donors (Lipinski definition) is 0. The van der Waals surface area contributed by atoms with Crippen LogP contribution in [-0.4, -0.2) is 41.8 Å². The van der Waals surface area contributed by atoms with E-state index >= 15 is 0 Å². The minimum atomic E-state index is -0.511. The Bertz CT molecular complexity index is 1320. The van der Waals surface area contributed by atoms with E-state index < -0.39 is 5.60 Å². The molecule has 2 aliphatic carbocycles. The zero-order valence-electron chi connectivity index (χ0n) is 20.9. The number of nitrogens with zero attached hydrogens (tertiary/aromatic N) is 2. The summed E-state index contributed by atoms with van der Waals surface area (Å²) in [4.78, 5) is 18.8. The molecule has 0 radical (unpaired) electrons. The van der Waals surface area contributed by atoms with Crippen LogP contribution in [0.15, 0.2) is 78.4 Å². The molecule has 0 atom stereocenters. The summed E-state index contributed by atoms with van der Waals surface area (Å²) in [6.45, 7) is 1.06. The van der Waals surface area contributed by atoms with Crippen molar-refractivity contribution in [1.29, 1.82) is 0 Å². The molecular weight excluding hydrogens is 472 g/mol. The fourth-order valence-electron chi connectivity index (χ4n) is 5.43. The van der Waals surface area contributed by atoms with Crippen LogP contribution in [0.4, 0.5) is 4.79 Å². The summed E-state index contributed by atoms with van der Waals surface area (Å²) in [5.74, 6) is 2.92. The van der Waals surface area contributed by atoms with Crippen molar-refractivity contribution in [2.45, 2.75) is 44.1 Å². The molecule has 2 fully saturated rings. The number of fused-ring (bicyclic) bond motifs is 1. The number of rotatable bonds is 6. The van der Waals surface area contributed by atoms with E-state index in [-0.39, 0.29) is 6.09 Å². The molecule has 2 aromatic rings. The molecule has 0 bridgehead atoms. The SMILES string of the molecule is COc1cccc2c(OCC3CCC4(CC3)CN(C3=COC=C(C5=CC=CCC5)O3)C(=O)O4)ccnc12. The zero-order valence-corrected chi connectivity index (χ0v) is 20.9. The second-order valence-corrected chi connectivity index (χ2v) is 9.89. The van der Waals surface area contributed by atoms with Crippen molar-refractivity contribution in [1.82, 2.24) is 9.88 Å². The van der Waals surface area contributed by atoms with E-state index in [1.54, 1.807) is 24.5 Å². The van der Waals surface area contributed by atoms with Gasteiger partial charge in [0.1, 0.15) is 28.9 Å². The molecule has 8 nitrogen and oxygen atoms in total. The molecule has 1 amide bonds. The maximum absolute atomic E-state index is 12.8. The second kappa shape index (κ2) is 9.84. The Balaban J connectivity index is 1.06. The number of pyridine rings is 1. The molecule has 0 N–H and O–H groups in total. The Morgan fingerprint density at radius 1 is 1.16 bits per heavy atom. The Labute approximate surface area is 215 Å². The van der Waals surface area contributed by atoms with Crippen LogP contribution in [0.5, 0.6) is 11.5 Å². The maximum Gasteiger partial charge on any atom is 0.417 e. The third-order valence-electron chi connectivity index (χ3n) is 7.53. The first-order valence-corrected chi connectivity index (χ1v) is 12.8. The van der Waals surface area contributed by atoms with Gasteiger partial charge in [-0.05, 0) is 68.2 Å². The van der Waals surface area contributed by atoms with E-state index in [0.29, 0.717) is 30.7 Å². The number of methoxy groups -OCH3 is 1. The van der Waals surface area contributed by atoms with Crippen molar-refractivity contribution in [3.05, 3.63) is 78.4 Å². The minimum Gasteiger partial charge on any atom is -0.494 e. The Morgan fingerprint density at radius 2 is 2.05 bits per heavy atom. The molecule has 0 unspecified atom stereocenters. The number of benzene rings is 1. The largest absolute Gasteiger partial charge is 0.494 e. The summed E-state index contributed by atoms with van der Waals surface area (Å²) in [5.41, 5.74) is 1.33. The highest BCUT2D eigenvalue weighted by Crippen LogP contribution is 2.42. The van der Waals surface area contributed by atoms with E-state index in [2.05, 4.69) is 11.1 Å². The number of para-hydroxylation sites is 1. The van der Waals surface area contributed by atoms with E-state index in [1.807, 2.05) is 36.4 Å². The van der Waals surface area contributed by atoms with Crippen molar-refractivity contribution >= 4 is 17.0 Å². The van der Waals surface area contributed by atoms with Crippen LogP contribution in [-0.2, 0) is 14.2 Å². The minimum absolute atomic E-state index is 0.375. The van der Waals surface area contributed by atoms with Gasteiger partial charge in [0.2, 0.25) is 5.88 Å². The third-order valence-corrected chi connectivity index (χ3v) is 7.53. The average Bonchev–Trinajstić information content (AvgIpc) is 3.28. The first-order chi connectivity index (χ1) is 18.1. The van der Waals surface area contributed by atoms with Crippen LogP contribution in [0.25, 0.3) is 10.9 Å². The number of carbonyl (C=O) groups is 1. The van der Waals surface area contributed by atoms with Crippen LogP contribution >= 0.6 is 0 Å². The lowest BCUT2D eigenvalue weighted by Gasteiger charge is -2.35. The molecule has 1 aromatic carbocycles. The van der Waals surface area contributed by atoms with Crippen LogP contribution < -0.4 is 9.47 Å². The molecule has 2 aliphatic heterocycles. The van der Waals surface area contributed by atoms with Crippen LogP contribution in [0.2, 0.25) is 0 Å². The average molecular weight is 503 g/mol. The fourth-order valence-corrected chi connectivity index (χ4v) is 5.43. The van der Waals surface area contributed by atoms with E-state index in [1.165, 1.54) is 6.26 Å². The Morgan fingerprint density at radius 3 is 2.86 bits per heavy atom. The van der Waals surface area contributed by atoms with Gasteiger partial charge in [-0.3, -0.25) is 4.98 Å². The molecule has 1 saturated heterocycles. The Hall–Kier alpha value is -3.94. The predicted octanol–water partition coefficient (Wildman–Crippen LogP) is 5.97.